The zero-order valence-corrected chi connectivity index (χ0v) is 15.7. The second kappa shape index (κ2) is 7.14. The Labute approximate surface area is 163 Å². The number of benzene rings is 1. The van der Waals surface area contributed by atoms with E-state index in [4.69, 9.17) is 0 Å². The van der Waals surface area contributed by atoms with Crippen LogP contribution in [0.5, 0.6) is 0 Å². The fraction of sp³-hybridized carbons (Fsp3) is 0.381. The molecule has 5 rings (SSSR count). The number of amides is 1. The van der Waals surface area contributed by atoms with Gasteiger partial charge < -0.3 is 20.1 Å². The number of hydrogen-bond donors (Lipinski definition) is 2. The van der Waals surface area contributed by atoms with E-state index in [1.54, 1.807) is 6.33 Å². The third-order valence-electron chi connectivity index (χ3n) is 5.82. The Bertz CT molecular complexity index is 971. The number of piperidine rings is 1. The van der Waals surface area contributed by atoms with Gasteiger partial charge in [-0.3, -0.25) is 4.79 Å². The van der Waals surface area contributed by atoms with Gasteiger partial charge in [-0.05, 0) is 37.5 Å². The maximum Gasteiger partial charge on any atom is 0.245 e. The molecular weight excluding hydrogens is 352 g/mol. The topological polar surface area (TPSA) is 77.2 Å². The van der Waals surface area contributed by atoms with Gasteiger partial charge in [0.1, 0.15) is 23.8 Å². The predicted molar refractivity (Wildman–Crippen MR) is 109 cm³/mol. The van der Waals surface area contributed by atoms with Crippen molar-refractivity contribution >= 4 is 28.4 Å². The average Bonchev–Trinajstić information content (AvgIpc) is 3.36. The van der Waals surface area contributed by atoms with E-state index < -0.39 is 0 Å². The van der Waals surface area contributed by atoms with Crippen LogP contribution in [-0.4, -0.2) is 57.5 Å². The number of para-hydroxylation sites is 1. The average molecular weight is 376 g/mol. The number of rotatable bonds is 4. The zero-order valence-electron chi connectivity index (χ0n) is 15.7. The zero-order chi connectivity index (χ0) is 18.9. The molecule has 2 aliphatic heterocycles. The Hall–Kier alpha value is -3.09. The van der Waals surface area contributed by atoms with Gasteiger partial charge in [-0.1, -0.05) is 18.2 Å². The van der Waals surface area contributed by atoms with E-state index in [1.165, 1.54) is 0 Å². The lowest BCUT2D eigenvalue weighted by molar-refractivity contribution is -0.130. The number of nitrogens with zero attached hydrogens (tertiary/aromatic N) is 4. The molecule has 2 saturated heterocycles. The van der Waals surface area contributed by atoms with Gasteiger partial charge in [-0.2, -0.15) is 0 Å². The molecule has 144 valence electrons. The van der Waals surface area contributed by atoms with Crippen molar-refractivity contribution in [2.45, 2.75) is 31.3 Å². The molecule has 0 radical (unpaired) electrons. The normalized spacial score (nSPS) is 22.8. The first-order chi connectivity index (χ1) is 13.8. The molecule has 7 nitrogen and oxygen atoms in total. The smallest absolute Gasteiger partial charge is 0.245 e. The molecule has 0 spiro atoms. The van der Waals surface area contributed by atoms with Crippen LogP contribution in [0.25, 0.3) is 11.0 Å². The minimum Gasteiger partial charge on any atom is -0.374 e. The molecule has 7 heteroatoms. The quantitative estimate of drug-likeness (QED) is 0.732. The SMILES string of the molecule is O=C1C(Nc2ccccc2)CCN1[C@@H]1CCCN(c2ncnc3[nH]ccc23)C1. The first-order valence-electron chi connectivity index (χ1n) is 9.95. The van der Waals surface area contributed by atoms with Crippen molar-refractivity contribution in [3.63, 3.8) is 0 Å². The summed E-state index contributed by atoms with van der Waals surface area (Å²) in [7, 11) is 0. The minimum absolute atomic E-state index is 0.131. The molecule has 4 heterocycles. The van der Waals surface area contributed by atoms with Crippen LogP contribution >= 0.6 is 0 Å². The Morgan fingerprint density at radius 3 is 2.86 bits per heavy atom. The molecule has 1 amide bonds. The summed E-state index contributed by atoms with van der Waals surface area (Å²) in [6, 6.07) is 12.1. The van der Waals surface area contributed by atoms with Gasteiger partial charge in [0.05, 0.1) is 5.39 Å². The van der Waals surface area contributed by atoms with Crippen LogP contribution in [0.15, 0.2) is 48.9 Å². The lowest BCUT2D eigenvalue weighted by Crippen LogP contribution is -2.50. The number of fused-ring (bicyclic) bond motifs is 1. The van der Waals surface area contributed by atoms with Crippen molar-refractivity contribution in [1.82, 2.24) is 19.9 Å². The van der Waals surface area contributed by atoms with Gasteiger partial charge >= 0.3 is 0 Å². The lowest BCUT2D eigenvalue weighted by atomic mass is 10.0. The molecule has 2 aromatic heterocycles. The molecule has 0 saturated carbocycles. The third kappa shape index (κ3) is 3.06. The Morgan fingerprint density at radius 1 is 1.07 bits per heavy atom. The van der Waals surface area contributed by atoms with Crippen LogP contribution in [0.1, 0.15) is 19.3 Å². The first kappa shape index (κ1) is 17.0. The largest absolute Gasteiger partial charge is 0.374 e. The highest BCUT2D eigenvalue weighted by atomic mass is 16.2. The van der Waals surface area contributed by atoms with Gasteiger partial charge in [0.15, 0.2) is 0 Å². The van der Waals surface area contributed by atoms with Gasteiger partial charge in [0.2, 0.25) is 5.91 Å². The van der Waals surface area contributed by atoms with Crippen molar-refractivity contribution in [2.24, 2.45) is 0 Å². The van der Waals surface area contributed by atoms with Crippen LogP contribution in [0.2, 0.25) is 0 Å². The van der Waals surface area contributed by atoms with Gasteiger partial charge in [-0.15, -0.1) is 0 Å². The van der Waals surface area contributed by atoms with E-state index in [0.717, 1.165) is 61.4 Å². The van der Waals surface area contributed by atoms with E-state index in [1.807, 2.05) is 42.6 Å². The molecule has 1 unspecified atom stereocenters. The number of carbonyl (C=O) groups excluding carboxylic acids is 1. The number of aromatic nitrogens is 3. The summed E-state index contributed by atoms with van der Waals surface area (Å²) in [5, 5.41) is 4.43. The Balaban J connectivity index is 1.30. The number of H-pyrrole nitrogens is 1. The number of aromatic amines is 1. The molecule has 2 atom stereocenters. The number of nitrogens with one attached hydrogen (secondary N) is 2. The van der Waals surface area contributed by atoms with Crippen molar-refractivity contribution in [3.05, 3.63) is 48.9 Å². The maximum absolute atomic E-state index is 13.0. The van der Waals surface area contributed by atoms with Crippen molar-refractivity contribution in [3.8, 4) is 0 Å². The number of hydrogen-bond acceptors (Lipinski definition) is 5. The van der Waals surface area contributed by atoms with Crippen molar-refractivity contribution in [2.75, 3.05) is 29.9 Å². The standard InChI is InChI=1S/C21H24N6O/c28-21-18(25-15-5-2-1-3-6-15)9-12-27(21)16-7-4-11-26(13-16)20-17-8-10-22-19(17)23-14-24-20/h1-3,5-6,8,10,14,16,18,25H,4,7,9,11-13H2,(H,22,23,24)/t16-,18?/m1/s1. The summed E-state index contributed by atoms with van der Waals surface area (Å²) < 4.78 is 0. The number of carbonyl (C=O) groups is 1. The van der Waals surface area contributed by atoms with Gasteiger partial charge in [0.25, 0.3) is 0 Å². The lowest BCUT2D eigenvalue weighted by Gasteiger charge is -2.38. The van der Waals surface area contributed by atoms with Crippen molar-refractivity contribution in [1.29, 1.82) is 0 Å². The molecule has 1 aromatic carbocycles. The molecule has 2 fully saturated rings. The van der Waals surface area contributed by atoms with Crippen LogP contribution in [0.4, 0.5) is 11.5 Å². The van der Waals surface area contributed by atoms with E-state index in [0.29, 0.717) is 0 Å². The van der Waals surface area contributed by atoms with Crippen LogP contribution in [0, 0.1) is 0 Å². The first-order valence-corrected chi connectivity index (χ1v) is 9.95. The monoisotopic (exact) mass is 376 g/mol. The molecule has 0 aliphatic carbocycles. The molecule has 0 bridgehead atoms. The predicted octanol–water partition coefficient (Wildman–Crippen LogP) is 2.64. The fourth-order valence-corrected chi connectivity index (χ4v) is 4.45. The van der Waals surface area contributed by atoms with Gasteiger partial charge in [0, 0.05) is 37.6 Å². The fourth-order valence-electron chi connectivity index (χ4n) is 4.45. The Morgan fingerprint density at radius 2 is 1.96 bits per heavy atom. The van der Waals surface area contributed by atoms with E-state index >= 15 is 0 Å². The molecule has 2 aliphatic rings. The highest BCUT2D eigenvalue weighted by Gasteiger charge is 2.37. The summed E-state index contributed by atoms with van der Waals surface area (Å²) in [6.45, 7) is 2.59. The molecule has 2 N–H and O–H groups in total. The van der Waals surface area contributed by atoms with Crippen molar-refractivity contribution < 1.29 is 4.79 Å². The summed E-state index contributed by atoms with van der Waals surface area (Å²) in [6.07, 6.45) is 6.45. The molecule has 28 heavy (non-hydrogen) atoms. The maximum atomic E-state index is 13.0. The number of likely N-dealkylation sites (tertiary alicyclic amines) is 1. The van der Waals surface area contributed by atoms with Gasteiger partial charge in [-0.25, -0.2) is 9.97 Å². The second-order valence-corrected chi connectivity index (χ2v) is 7.56. The Kier molecular flexibility index (Phi) is 4.35. The van der Waals surface area contributed by atoms with E-state index in [2.05, 4.69) is 30.1 Å². The molecular formula is C21H24N6O. The molecule has 3 aromatic rings. The van der Waals surface area contributed by atoms with E-state index in [9.17, 15) is 4.79 Å². The summed E-state index contributed by atoms with van der Waals surface area (Å²) in [5.41, 5.74) is 1.86. The third-order valence-corrected chi connectivity index (χ3v) is 5.82. The second-order valence-electron chi connectivity index (χ2n) is 7.56. The highest BCUT2D eigenvalue weighted by Crippen LogP contribution is 2.28. The van der Waals surface area contributed by atoms with Crippen LogP contribution in [0.3, 0.4) is 0 Å². The highest BCUT2D eigenvalue weighted by molar-refractivity contribution is 5.88. The minimum atomic E-state index is -0.131. The van der Waals surface area contributed by atoms with Crippen LogP contribution < -0.4 is 10.2 Å². The number of anilines is 2. The summed E-state index contributed by atoms with van der Waals surface area (Å²) >= 11 is 0. The van der Waals surface area contributed by atoms with Crippen LogP contribution in [-0.2, 0) is 4.79 Å². The van der Waals surface area contributed by atoms with E-state index in [-0.39, 0.29) is 18.0 Å². The summed E-state index contributed by atoms with van der Waals surface area (Å²) in [4.78, 5) is 29.4. The summed E-state index contributed by atoms with van der Waals surface area (Å²) in [5.74, 6) is 1.17.